The SMILES string of the molecule is Nc1ncnc2c1c(-c1cccs1)cn2[C@H]1O[C@H](CO)[C@@H](O)C1(F)F. The normalized spacial score (nSPS) is 25.7. The predicted octanol–water partition coefficient (Wildman–Crippen LogP) is 1.63. The maximum Gasteiger partial charge on any atom is 0.320 e. The molecular weight excluding hydrogens is 354 g/mol. The molecule has 0 saturated carbocycles. The number of halogens is 2. The monoisotopic (exact) mass is 368 g/mol. The third-order valence-electron chi connectivity index (χ3n) is 4.24. The van der Waals surface area contributed by atoms with Gasteiger partial charge in [-0.15, -0.1) is 11.3 Å². The maximum atomic E-state index is 14.5. The van der Waals surface area contributed by atoms with Crippen molar-refractivity contribution in [3.05, 3.63) is 30.0 Å². The molecule has 0 radical (unpaired) electrons. The van der Waals surface area contributed by atoms with Gasteiger partial charge >= 0.3 is 5.92 Å². The van der Waals surface area contributed by atoms with Crippen LogP contribution in [0.5, 0.6) is 0 Å². The highest BCUT2D eigenvalue weighted by Gasteiger charge is 2.59. The molecule has 0 spiro atoms. The largest absolute Gasteiger partial charge is 0.394 e. The van der Waals surface area contributed by atoms with Crippen molar-refractivity contribution < 1.29 is 23.7 Å². The maximum absolute atomic E-state index is 14.5. The minimum Gasteiger partial charge on any atom is -0.394 e. The molecule has 0 unspecified atom stereocenters. The van der Waals surface area contributed by atoms with Crippen molar-refractivity contribution in [2.45, 2.75) is 24.4 Å². The van der Waals surface area contributed by atoms with Gasteiger partial charge in [0, 0.05) is 16.6 Å². The molecule has 25 heavy (non-hydrogen) atoms. The molecule has 4 N–H and O–H groups in total. The molecule has 0 aliphatic carbocycles. The second kappa shape index (κ2) is 5.70. The van der Waals surface area contributed by atoms with Crippen LogP contribution >= 0.6 is 11.3 Å². The van der Waals surface area contributed by atoms with Crippen molar-refractivity contribution in [1.29, 1.82) is 0 Å². The molecule has 0 aromatic carbocycles. The van der Waals surface area contributed by atoms with E-state index in [-0.39, 0.29) is 11.5 Å². The second-order valence-corrected chi connectivity index (χ2v) is 6.66. The first-order valence-corrected chi connectivity index (χ1v) is 8.30. The zero-order valence-corrected chi connectivity index (χ0v) is 13.5. The number of hydrogen-bond acceptors (Lipinski definition) is 7. The number of ether oxygens (including phenoxy) is 1. The summed E-state index contributed by atoms with van der Waals surface area (Å²) in [7, 11) is 0. The van der Waals surface area contributed by atoms with Crippen molar-refractivity contribution >= 4 is 28.2 Å². The number of fused-ring (bicyclic) bond motifs is 1. The van der Waals surface area contributed by atoms with Gasteiger partial charge in [-0.2, -0.15) is 8.78 Å². The Kier molecular flexibility index (Phi) is 3.72. The lowest BCUT2D eigenvalue weighted by atomic mass is 10.1. The van der Waals surface area contributed by atoms with E-state index < -0.39 is 31.0 Å². The molecule has 0 bridgehead atoms. The number of alkyl halides is 2. The molecule has 3 atom stereocenters. The van der Waals surface area contributed by atoms with Crippen molar-refractivity contribution in [1.82, 2.24) is 14.5 Å². The lowest BCUT2D eigenvalue weighted by molar-refractivity contribution is -0.137. The minimum atomic E-state index is -3.61. The zero-order chi connectivity index (χ0) is 17.8. The van der Waals surface area contributed by atoms with Crippen molar-refractivity contribution in [2.75, 3.05) is 12.3 Å². The fourth-order valence-electron chi connectivity index (χ4n) is 3.02. The third kappa shape index (κ3) is 2.33. The van der Waals surface area contributed by atoms with Crippen molar-refractivity contribution in [3.8, 4) is 10.4 Å². The van der Waals surface area contributed by atoms with E-state index in [0.29, 0.717) is 10.9 Å². The van der Waals surface area contributed by atoms with Gasteiger partial charge in [0.15, 0.2) is 6.10 Å². The van der Waals surface area contributed by atoms with Crippen LogP contribution < -0.4 is 5.73 Å². The molecule has 132 valence electrons. The highest BCUT2D eigenvalue weighted by Crippen LogP contribution is 2.46. The van der Waals surface area contributed by atoms with E-state index >= 15 is 0 Å². The highest BCUT2D eigenvalue weighted by atomic mass is 32.1. The summed E-state index contributed by atoms with van der Waals surface area (Å²) in [5.41, 5.74) is 6.72. The quantitative estimate of drug-likeness (QED) is 0.649. The van der Waals surface area contributed by atoms with Crippen molar-refractivity contribution in [3.63, 3.8) is 0 Å². The molecule has 3 aromatic rings. The third-order valence-corrected chi connectivity index (χ3v) is 5.14. The van der Waals surface area contributed by atoms with Crippen LogP contribution in [0.4, 0.5) is 14.6 Å². The van der Waals surface area contributed by atoms with Crippen LogP contribution in [0, 0.1) is 0 Å². The lowest BCUT2D eigenvalue weighted by Crippen LogP contribution is -2.39. The Bertz CT molecular complexity index is 915. The molecule has 1 aliphatic rings. The van der Waals surface area contributed by atoms with Gasteiger partial charge in [-0.1, -0.05) is 6.07 Å². The lowest BCUT2D eigenvalue weighted by Gasteiger charge is -2.21. The van der Waals surface area contributed by atoms with Crippen LogP contribution in [-0.4, -0.2) is 49.5 Å². The van der Waals surface area contributed by atoms with Crippen LogP contribution in [0.25, 0.3) is 21.5 Å². The van der Waals surface area contributed by atoms with Crippen LogP contribution in [0.2, 0.25) is 0 Å². The van der Waals surface area contributed by atoms with Gasteiger partial charge in [-0.05, 0) is 11.4 Å². The summed E-state index contributed by atoms with van der Waals surface area (Å²) in [6, 6.07) is 3.66. The van der Waals surface area contributed by atoms with Gasteiger partial charge < -0.3 is 20.7 Å². The van der Waals surface area contributed by atoms with Gasteiger partial charge in [-0.25, -0.2) is 9.97 Å². The summed E-state index contributed by atoms with van der Waals surface area (Å²) in [5, 5.41) is 21.2. The Morgan fingerprint density at radius 3 is 2.84 bits per heavy atom. The van der Waals surface area contributed by atoms with Gasteiger partial charge in [0.05, 0.1) is 12.0 Å². The molecule has 1 saturated heterocycles. The summed E-state index contributed by atoms with van der Waals surface area (Å²) in [6.45, 7) is -0.721. The predicted molar refractivity (Wildman–Crippen MR) is 87.2 cm³/mol. The van der Waals surface area contributed by atoms with Crippen LogP contribution in [0.15, 0.2) is 30.0 Å². The summed E-state index contributed by atoms with van der Waals surface area (Å²) < 4.78 is 35.4. The smallest absolute Gasteiger partial charge is 0.320 e. The van der Waals surface area contributed by atoms with Gasteiger partial charge in [0.25, 0.3) is 0 Å². The topological polar surface area (TPSA) is 106 Å². The average molecular weight is 368 g/mol. The number of nitrogens with zero attached hydrogens (tertiary/aromatic N) is 3. The molecule has 4 rings (SSSR count). The molecule has 3 aromatic heterocycles. The van der Waals surface area contributed by atoms with Gasteiger partial charge in [0.1, 0.15) is 23.9 Å². The number of aliphatic hydroxyl groups is 2. The number of rotatable bonds is 3. The van der Waals surface area contributed by atoms with E-state index in [2.05, 4.69) is 9.97 Å². The summed E-state index contributed by atoms with van der Waals surface area (Å²) in [5.74, 6) is -3.45. The summed E-state index contributed by atoms with van der Waals surface area (Å²) in [4.78, 5) is 8.83. The van der Waals surface area contributed by atoms with E-state index in [9.17, 15) is 19.0 Å². The Morgan fingerprint density at radius 1 is 1.40 bits per heavy atom. The van der Waals surface area contributed by atoms with Crippen molar-refractivity contribution in [2.24, 2.45) is 0 Å². The van der Waals surface area contributed by atoms with Crippen LogP contribution in [0.1, 0.15) is 6.23 Å². The fourth-order valence-corrected chi connectivity index (χ4v) is 3.77. The molecule has 4 heterocycles. The van der Waals surface area contributed by atoms with E-state index in [1.807, 2.05) is 17.5 Å². The highest BCUT2D eigenvalue weighted by molar-refractivity contribution is 7.13. The number of anilines is 1. The van der Waals surface area contributed by atoms with Gasteiger partial charge in [-0.3, -0.25) is 4.57 Å². The first kappa shape index (κ1) is 16.3. The zero-order valence-electron chi connectivity index (χ0n) is 12.7. The van der Waals surface area contributed by atoms with Gasteiger partial charge in [0.2, 0.25) is 6.23 Å². The van der Waals surface area contributed by atoms with E-state index in [0.717, 1.165) is 9.44 Å². The first-order chi connectivity index (χ1) is 11.9. The molecular formula is C15H14F2N4O3S. The Morgan fingerprint density at radius 2 is 2.20 bits per heavy atom. The molecule has 0 amide bonds. The molecule has 10 heteroatoms. The molecule has 1 aliphatic heterocycles. The Balaban J connectivity index is 1.93. The fraction of sp³-hybridized carbons (Fsp3) is 0.333. The Labute approximate surface area is 144 Å². The number of aliphatic hydroxyl groups excluding tert-OH is 2. The summed E-state index contributed by atoms with van der Waals surface area (Å²) in [6.07, 6.45) is -2.68. The number of nitrogen functional groups attached to an aromatic ring is 1. The minimum absolute atomic E-state index is 0.160. The number of aromatic nitrogens is 3. The number of thiophene rings is 1. The van der Waals surface area contributed by atoms with E-state index in [1.165, 1.54) is 23.9 Å². The van der Waals surface area contributed by atoms with Crippen LogP contribution in [-0.2, 0) is 4.74 Å². The standard InChI is InChI=1S/C15H14F2N4O3S/c16-15(17)11(23)8(5-22)24-14(15)21-4-7(9-2-1-3-25-9)10-12(18)19-6-20-13(10)21/h1-4,6,8,11,14,22-23H,5H2,(H2,18,19,20)/t8-,11-,14+/m1/s1. The molecule has 1 fully saturated rings. The second-order valence-electron chi connectivity index (χ2n) is 5.71. The first-order valence-electron chi connectivity index (χ1n) is 7.42. The average Bonchev–Trinajstić information content (AvgIpc) is 3.27. The van der Waals surface area contributed by atoms with E-state index in [4.69, 9.17) is 10.5 Å². The molecule has 7 nitrogen and oxygen atoms in total. The van der Waals surface area contributed by atoms with Crippen LogP contribution in [0.3, 0.4) is 0 Å². The summed E-state index contributed by atoms with van der Waals surface area (Å²) >= 11 is 1.42. The van der Waals surface area contributed by atoms with E-state index in [1.54, 1.807) is 0 Å². The number of hydrogen-bond donors (Lipinski definition) is 3. The Hall–Kier alpha value is -2.14. The number of nitrogens with two attached hydrogens (primary N) is 1.